The van der Waals surface area contributed by atoms with E-state index in [1.165, 1.54) is 23.5 Å². The second-order valence-corrected chi connectivity index (χ2v) is 7.50. The Hall–Kier alpha value is -3.00. The van der Waals surface area contributed by atoms with Crippen molar-refractivity contribution >= 4 is 44.3 Å². The van der Waals surface area contributed by atoms with Crippen LogP contribution in [0.2, 0.25) is 0 Å². The Labute approximate surface area is 159 Å². The standard InChI is InChI=1S/C19H17FN4O2S/c1-11-2-7-15-16(8-11)27-19(22-15)23-18(26)21-13-9-17(25)24(10-13)14-5-3-12(20)4-6-14/h2-8,13H,9-10H2,1H3,(H2,21,22,23,26)/t13-/m0/s1. The van der Waals surface area contributed by atoms with Gasteiger partial charge in [0.05, 0.1) is 16.3 Å². The van der Waals surface area contributed by atoms with Gasteiger partial charge in [-0.25, -0.2) is 14.2 Å². The minimum Gasteiger partial charge on any atom is -0.333 e. The summed E-state index contributed by atoms with van der Waals surface area (Å²) in [4.78, 5) is 30.4. The molecule has 8 heteroatoms. The number of hydrogen-bond acceptors (Lipinski definition) is 4. The molecule has 4 rings (SSSR count). The van der Waals surface area contributed by atoms with Gasteiger partial charge in [-0.05, 0) is 48.9 Å². The lowest BCUT2D eigenvalue weighted by Crippen LogP contribution is -2.39. The number of aryl methyl sites for hydroxylation is 1. The summed E-state index contributed by atoms with van der Waals surface area (Å²) in [5.41, 5.74) is 2.58. The van der Waals surface area contributed by atoms with Crippen molar-refractivity contribution in [2.45, 2.75) is 19.4 Å². The molecule has 0 aliphatic carbocycles. The molecule has 0 radical (unpaired) electrons. The number of carbonyl (C=O) groups is 2. The van der Waals surface area contributed by atoms with Crippen LogP contribution < -0.4 is 15.5 Å². The number of benzene rings is 2. The number of amides is 3. The Kier molecular flexibility index (Phi) is 4.49. The first kappa shape index (κ1) is 17.4. The number of nitrogens with one attached hydrogen (secondary N) is 2. The summed E-state index contributed by atoms with van der Waals surface area (Å²) in [5, 5.41) is 6.04. The lowest BCUT2D eigenvalue weighted by molar-refractivity contribution is -0.117. The van der Waals surface area contributed by atoms with Gasteiger partial charge in [0.15, 0.2) is 5.13 Å². The van der Waals surface area contributed by atoms with Crippen molar-refractivity contribution in [3.63, 3.8) is 0 Å². The van der Waals surface area contributed by atoms with Crippen LogP contribution in [0.1, 0.15) is 12.0 Å². The summed E-state index contributed by atoms with van der Waals surface area (Å²) < 4.78 is 14.1. The highest BCUT2D eigenvalue weighted by molar-refractivity contribution is 7.22. The maximum absolute atomic E-state index is 13.1. The molecular weight excluding hydrogens is 367 g/mol. The van der Waals surface area contributed by atoms with Crippen LogP contribution in [0.15, 0.2) is 42.5 Å². The van der Waals surface area contributed by atoms with Gasteiger partial charge in [-0.2, -0.15) is 0 Å². The molecular formula is C19H17FN4O2S. The maximum atomic E-state index is 13.1. The monoisotopic (exact) mass is 384 g/mol. The van der Waals surface area contributed by atoms with Gasteiger partial charge in [0.1, 0.15) is 5.82 Å². The molecule has 0 saturated carbocycles. The summed E-state index contributed by atoms with van der Waals surface area (Å²) in [5.74, 6) is -0.465. The summed E-state index contributed by atoms with van der Waals surface area (Å²) in [6.45, 7) is 2.35. The van der Waals surface area contributed by atoms with Gasteiger partial charge in [-0.15, -0.1) is 0 Å². The number of rotatable bonds is 3. The Balaban J connectivity index is 1.39. The molecule has 2 heterocycles. The Morgan fingerprint density at radius 3 is 2.81 bits per heavy atom. The van der Waals surface area contributed by atoms with Gasteiger partial charge < -0.3 is 10.2 Å². The summed E-state index contributed by atoms with van der Waals surface area (Å²) >= 11 is 1.40. The van der Waals surface area contributed by atoms with Crippen molar-refractivity contribution in [3.8, 4) is 0 Å². The van der Waals surface area contributed by atoms with Crippen LogP contribution in [0.3, 0.4) is 0 Å². The minimum atomic E-state index is -0.399. The first-order valence-corrected chi connectivity index (χ1v) is 9.30. The van der Waals surface area contributed by atoms with Gasteiger partial charge >= 0.3 is 6.03 Å². The maximum Gasteiger partial charge on any atom is 0.321 e. The molecule has 3 amide bonds. The SMILES string of the molecule is Cc1ccc2nc(NC(=O)N[C@H]3CC(=O)N(c4ccc(F)cc4)C3)sc2c1. The number of thiazole rings is 1. The number of aromatic nitrogens is 1. The zero-order valence-corrected chi connectivity index (χ0v) is 15.3. The summed E-state index contributed by atoms with van der Waals surface area (Å²) in [6, 6.07) is 10.9. The largest absolute Gasteiger partial charge is 0.333 e. The second-order valence-electron chi connectivity index (χ2n) is 6.47. The van der Waals surface area contributed by atoms with Crippen LogP contribution in [0.4, 0.5) is 20.0 Å². The molecule has 2 N–H and O–H groups in total. The van der Waals surface area contributed by atoms with Gasteiger partial charge in [0.25, 0.3) is 0 Å². The van der Waals surface area contributed by atoms with E-state index in [2.05, 4.69) is 15.6 Å². The normalized spacial score (nSPS) is 16.7. The molecule has 27 heavy (non-hydrogen) atoms. The second kappa shape index (κ2) is 6.96. The molecule has 2 aromatic carbocycles. The van der Waals surface area contributed by atoms with Gasteiger partial charge in [0.2, 0.25) is 5.91 Å². The van der Waals surface area contributed by atoms with E-state index in [0.717, 1.165) is 15.8 Å². The van der Waals surface area contributed by atoms with Crippen LogP contribution in [0.25, 0.3) is 10.2 Å². The highest BCUT2D eigenvalue weighted by atomic mass is 32.1. The predicted molar refractivity (Wildman–Crippen MR) is 104 cm³/mol. The molecule has 1 aliphatic heterocycles. The Morgan fingerprint density at radius 2 is 2.04 bits per heavy atom. The van der Waals surface area contributed by atoms with Crippen molar-refractivity contribution in [1.82, 2.24) is 10.3 Å². The van der Waals surface area contributed by atoms with Crippen molar-refractivity contribution in [2.75, 3.05) is 16.8 Å². The molecule has 0 spiro atoms. The fourth-order valence-electron chi connectivity index (χ4n) is 3.08. The van der Waals surface area contributed by atoms with E-state index in [4.69, 9.17) is 0 Å². The third kappa shape index (κ3) is 3.75. The van der Waals surface area contributed by atoms with E-state index >= 15 is 0 Å². The Bertz CT molecular complexity index is 1020. The predicted octanol–water partition coefficient (Wildman–Crippen LogP) is 3.67. The summed E-state index contributed by atoms with van der Waals surface area (Å²) in [6.07, 6.45) is 0.198. The lowest BCUT2D eigenvalue weighted by atomic mass is 10.2. The highest BCUT2D eigenvalue weighted by Gasteiger charge is 2.31. The van der Waals surface area contributed by atoms with Crippen molar-refractivity contribution in [3.05, 3.63) is 53.8 Å². The third-order valence-corrected chi connectivity index (χ3v) is 5.30. The zero-order chi connectivity index (χ0) is 19.0. The molecule has 6 nitrogen and oxygen atoms in total. The molecule has 0 bridgehead atoms. The average molecular weight is 384 g/mol. The first-order valence-electron chi connectivity index (χ1n) is 8.48. The van der Waals surface area contributed by atoms with E-state index in [9.17, 15) is 14.0 Å². The number of fused-ring (bicyclic) bond motifs is 1. The fourth-order valence-corrected chi connectivity index (χ4v) is 4.04. The molecule has 0 unspecified atom stereocenters. The van der Waals surface area contributed by atoms with Gasteiger partial charge in [0, 0.05) is 18.7 Å². The van der Waals surface area contributed by atoms with Crippen LogP contribution >= 0.6 is 11.3 Å². The number of carbonyl (C=O) groups excluding carboxylic acids is 2. The molecule has 1 atom stereocenters. The lowest BCUT2D eigenvalue weighted by Gasteiger charge is -2.17. The van der Waals surface area contributed by atoms with Gasteiger partial charge in [-0.3, -0.25) is 10.1 Å². The van der Waals surface area contributed by atoms with E-state index in [-0.39, 0.29) is 24.2 Å². The number of nitrogens with zero attached hydrogens (tertiary/aromatic N) is 2. The van der Waals surface area contributed by atoms with Crippen LogP contribution in [0, 0.1) is 12.7 Å². The van der Waals surface area contributed by atoms with E-state index in [1.807, 2.05) is 25.1 Å². The first-order chi connectivity index (χ1) is 13.0. The fraction of sp³-hybridized carbons (Fsp3) is 0.211. The quantitative estimate of drug-likeness (QED) is 0.724. The smallest absolute Gasteiger partial charge is 0.321 e. The van der Waals surface area contributed by atoms with E-state index < -0.39 is 6.03 Å². The number of urea groups is 1. The van der Waals surface area contributed by atoms with Gasteiger partial charge in [-0.1, -0.05) is 17.4 Å². The molecule has 1 aliphatic rings. The third-order valence-electron chi connectivity index (χ3n) is 4.36. The van der Waals surface area contributed by atoms with Crippen LogP contribution in [0.5, 0.6) is 0 Å². The molecule has 138 valence electrons. The van der Waals surface area contributed by atoms with E-state index in [1.54, 1.807) is 17.0 Å². The number of hydrogen-bond donors (Lipinski definition) is 2. The number of anilines is 2. The molecule has 1 saturated heterocycles. The highest BCUT2D eigenvalue weighted by Crippen LogP contribution is 2.27. The van der Waals surface area contributed by atoms with Crippen molar-refractivity contribution < 1.29 is 14.0 Å². The van der Waals surface area contributed by atoms with E-state index in [0.29, 0.717) is 17.4 Å². The minimum absolute atomic E-state index is 0.109. The van der Waals surface area contributed by atoms with Crippen molar-refractivity contribution in [2.24, 2.45) is 0 Å². The molecule has 1 aromatic heterocycles. The summed E-state index contributed by atoms with van der Waals surface area (Å²) in [7, 11) is 0. The Morgan fingerprint density at radius 1 is 1.26 bits per heavy atom. The zero-order valence-electron chi connectivity index (χ0n) is 14.5. The van der Waals surface area contributed by atoms with Crippen molar-refractivity contribution in [1.29, 1.82) is 0 Å². The van der Waals surface area contributed by atoms with Crippen LogP contribution in [-0.2, 0) is 4.79 Å². The molecule has 3 aromatic rings. The number of halogens is 1. The van der Waals surface area contributed by atoms with Crippen LogP contribution in [-0.4, -0.2) is 29.5 Å². The molecule has 1 fully saturated rings. The topological polar surface area (TPSA) is 74.3 Å². The average Bonchev–Trinajstić information content (AvgIpc) is 3.17.